The van der Waals surface area contributed by atoms with Gasteiger partial charge in [0.05, 0.1) is 12.1 Å². The molecule has 3 rings (SSSR count). The summed E-state index contributed by atoms with van der Waals surface area (Å²) in [5, 5.41) is 10.5. The first-order valence-corrected chi connectivity index (χ1v) is 6.02. The van der Waals surface area contributed by atoms with Crippen LogP contribution in [0.1, 0.15) is 18.4 Å². The van der Waals surface area contributed by atoms with Crippen LogP contribution in [0.2, 0.25) is 0 Å². The Morgan fingerprint density at radius 3 is 2.82 bits per heavy atom. The fraction of sp³-hybridized carbons (Fsp3) is 0.357. The Hall–Kier alpha value is -1.61. The lowest BCUT2D eigenvalue weighted by molar-refractivity contribution is 0.283. The number of nitrogens with zero attached hydrogens (tertiary/aromatic N) is 2. The molecule has 1 aliphatic carbocycles. The number of fused-ring (bicyclic) bond motifs is 1. The van der Waals surface area contributed by atoms with E-state index in [2.05, 4.69) is 16.9 Å². The molecule has 0 radical (unpaired) electrons. The van der Waals surface area contributed by atoms with E-state index in [-0.39, 0.29) is 6.61 Å². The van der Waals surface area contributed by atoms with Crippen LogP contribution >= 0.6 is 0 Å². The minimum atomic E-state index is 0.0640. The van der Waals surface area contributed by atoms with E-state index >= 15 is 0 Å². The largest absolute Gasteiger partial charge is 0.392 e. The van der Waals surface area contributed by atoms with E-state index in [4.69, 9.17) is 0 Å². The summed E-state index contributed by atoms with van der Waals surface area (Å²) in [6.07, 6.45) is 2.50. The standard InChI is InChI=1S/C14H16N2O/c1-16(11-6-7-11)14-8-10(9-17)12-4-2-3-5-13(12)15-14/h2-5,8,11,17H,6-7,9H2,1H3. The highest BCUT2D eigenvalue weighted by Crippen LogP contribution is 2.31. The minimum Gasteiger partial charge on any atom is -0.392 e. The number of hydrogen-bond acceptors (Lipinski definition) is 3. The second kappa shape index (κ2) is 4.00. The molecular weight excluding hydrogens is 212 g/mol. The number of aromatic nitrogens is 1. The number of rotatable bonds is 3. The second-order valence-electron chi connectivity index (χ2n) is 4.66. The fourth-order valence-corrected chi connectivity index (χ4v) is 2.19. The lowest BCUT2D eigenvalue weighted by Crippen LogP contribution is -2.20. The Morgan fingerprint density at radius 2 is 2.12 bits per heavy atom. The van der Waals surface area contributed by atoms with E-state index in [1.54, 1.807) is 0 Å². The summed E-state index contributed by atoms with van der Waals surface area (Å²) in [6, 6.07) is 10.6. The number of para-hydroxylation sites is 1. The monoisotopic (exact) mass is 228 g/mol. The zero-order valence-electron chi connectivity index (χ0n) is 9.93. The normalized spacial score (nSPS) is 15.2. The van der Waals surface area contributed by atoms with Crippen LogP contribution in [0.5, 0.6) is 0 Å². The van der Waals surface area contributed by atoms with Gasteiger partial charge >= 0.3 is 0 Å². The molecule has 1 saturated carbocycles. The number of benzene rings is 1. The summed E-state index contributed by atoms with van der Waals surface area (Å²) in [7, 11) is 2.08. The van der Waals surface area contributed by atoms with E-state index in [0.717, 1.165) is 22.3 Å². The van der Waals surface area contributed by atoms with Crippen LogP contribution in [-0.4, -0.2) is 23.2 Å². The molecule has 0 unspecified atom stereocenters. The van der Waals surface area contributed by atoms with Gasteiger partial charge in [-0.1, -0.05) is 18.2 Å². The van der Waals surface area contributed by atoms with E-state index in [9.17, 15) is 5.11 Å². The first kappa shape index (κ1) is 10.5. The van der Waals surface area contributed by atoms with Crippen molar-refractivity contribution in [1.82, 2.24) is 4.98 Å². The first-order chi connectivity index (χ1) is 8.29. The molecule has 3 heteroatoms. The van der Waals surface area contributed by atoms with Gasteiger partial charge in [0.2, 0.25) is 0 Å². The molecule has 1 aliphatic rings. The molecule has 0 spiro atoms. The van der Waals surface area contributed by atoms with Crippen molar-refractivity contribution in [1.29, 1.82) is 0 Å². The van der Waals surface area contributed by atoms with Crippen molar-refractivity contribution in [3.05, 3.63) is 35.9 Å². The van der Waals surface area contributed by atoms with Crippen molar-refractivity contribution in [2.45, 2.75) is 25.5 Å². The predicted octanol–water partition coefficient (Wildman–Crippen LogP) is 2.33. The van der Waals surface area contributed by atoms with Crippen LogP contribution in [0.3, 0.4) is 0 Å². The number of hydrogen-bond donors (Lipinski definition) is 1. The Bertz CT molecular complexity index is 549. The van der Waals surface area contributed by atoms with Crippen molar-refractivity contribution < 1.29 is 5.11 Å². The number of aliphatic hydroxyl groups is 1. The zero-order valence-corrected chi connectivity index (χ0v) is 9.93. The van der Waals surface area contributed by atoms with Crippen LogP contribution in [-0.2, 0) is 6.61 Å². The smallest absolute Gasteiger partial charge is 0.129 e. The van der Waals surface area contributed by atoms with E-state index < -0.39 is 0 Å². The van der Waals surface area contributed by atoms with Gasteiger partial charge in [0.15, 0.2) is 0 Å². The summed E-state index contributed by atoms with van der Waals surface area (Å²) >= 11 is 0. The Labute approximate surface area is 101 Å². The lowest BCUT2D eigenvalue weighted by atomic mass is 10.1. The maximum Gasteiger partial charge on any atom is 0.129 e. The molecule has 2 aromatic rings. The van der Waals surface area contributed by atoms with Gasteiger partial charge in [0.1, 0.15) is 5.82 Å². The molecule has 0 bridgehead atoms. The van der Waals surface area contributed by atoms with Gasteiger partial charge in [0, 0.05) is 18.5 Å². The van der Waals surface area contributed by atoms with Gasteiger partial charge < -0.3 is 10.0 Å². The lowest BCUT2D eigenvalue weighted by Gasteiger charge is -2.19. The summed E-state index contributed by atoms with van der Waals surface area (Å²) in [5.41, 5.74) is 1.92. The third-order valence-corrected chi connectivity index (χ3v) is 3.41. The molecule has 0 amide bonds. The molecule has 1 aromatic carbocycles. The maximum absolute atomic E-state index is 9.45. The molecule has 0 saturated heterocycles. The Morgan fingerprint density at radius 1 is 1.35 bits per heavy atom. The zero-order chi connectivity index (χ0) is 11.8. The van der Waals surface area contributed by atoms with Crippen molar-refractivity contribution in [2.75, 3.05) is 11.9 Å². The summed E-state index contributed by atoms with van der Waals surface area (Å²) in [4.78, 5) is 6.87. The average molecular weight is 228 g/mol. The molecular formula is C14H16N2O. The van der Waals surface area contributed by atoms with Crippen molar-refractivity contribution in [3.8, 4) is 0 Å². The van der Waals surface area contributed by atoms with Crippen molar-refractivity contribution in [3.63, 3.8) is 0 Å². The maximum atomic E-state index is 9.45. The molecule has 17 heavy (non-hydrogen) atoms. The highest BCUT2D eigenvalue weighted by molar-refractivity contribution is 5.84. The van der Waals surface area contributed by atoms with Crippen LogP contribution in [0.25, 0.3) is 10.9 Å². The highest BCUT2D eigenvalue weighted by Gasteiger charge is 2.27. The molecule has 1 N–H and O–H groups in total. The Kier molecular flexibility index (Phi) is 2.48. The third-order valence-electron chi connectivity index (χ3n) is 3.41. The van der Waals surface area contributed by atoms with Gasteiger partial charge in [-0.25, -0.2) is 4.98 Å². The van der Waals surface area contributed by atoms with E-state index in [1.807, 2.05) is 30.3 Å². The molecule has 1 fully saturated rings. The highest BCUT2D eigenvalue weighted by atomic mass is 16.3. The molecule has 3 nitrogen and oxygen atoms in total. The Balaban J connectivity index is 2.13. The molecule has 88 valence electrons. The van der Waals surface area contributed by atoms with Crippen LogP contribution in [0.15, 0.2) is 30.3 Å². The third kappa shape index (κ3) is 1.87. The topological polar surface area (TPSA) is 36.4 Å². The number of anilines is 1. The van der Waals surface area contributed by atoms with Gasteiger partial charge in [-0.15, -0.1) is 0 Å². The number of pyridine rings is 1. The molecule has 0 aliphatic heterocycles. The molecule has 0 atom stereocenters. The van der Waals surface area contributed by atoms with Crippen LogP contribution in [0.4, 0.5) is 5.82 Å². The van der Waals surface area contributed by atoms with Crippen LogP contribution < -0.4 is 4.90 Å². The van der Waals surface area contributed by atoms with Crippen LogP contribution in [0, 0.1) is 0 Å². The predicted molar refractivity (Wildman–Crippen MR) is 69.1 cm³/mol. The summed E-state index contributed by atoms with van der Waals surface area (Å²) in [5.74, 6) is 0.968. The summed E-state index contributed by atoms with van der Waals surface area (Å²) in [6.45, 7) is 0.0640. The SMILES string of the molecule is CN(c1cc(CO)c2ccccc2n1)C1CC1. The number of aliphatic hydroxyl groups excluding tert-OH is 1. The van der Waals surface area contributed by atoms with Crippen molar-refractivity contribution >= 4 is 16.7 Å². The first-order valence-electron chi connectivity index (χ1n) is 6.02. The van der Waals surface area contributed by atoms with Crippen molar-refractivity contribution in [2.24, 2.45) is 0 Å². The molecule has 1 aromatic heterocycles. The summed E-state index contributed by atoms with van der Waals surface area (Å²) < 4.78 is 0. The van der Waals surface area contributed by atoms with Gasteiger partial charge in [-0.2, -0.15) is 0 Å². The quantitative estimate of drug-likeness (QED) is 0.876. The van der Waals surface area contributed by atoms with E-state index in [0.29, 0.717) is 6.04 Å². The average Bonchev–Trinajstić information content (AvgIpc) is 3.20. The second-order valence-corrected chi connectivity index (χ2v) is 4.66. The minimum absolute atomic E-state index is 0.0640. The van der Waals surface area contributed by atoms with Gasteiger partial charge in [-0.05, 0) is 30.5 Å². The van der Waals surface area contributed by atoms with E-state index in [1.165, 1.54) is 12.8 Å². The fourth-order valence-electron chi connectivity index (χ4n) is 2.19. The molecule has 1 heterocycles. The van der Waals surface area contributed by atoms with Gasteiger partial charge in [-0.3, -0.25) is 0 Å². The van der Waals surface area contributed by atoms with Gasteiger partial charge in [0.25, 0.3) is 0 Å².